The van der Waals surface area contributed by atoms with Crippen LogP contribution in [0.1, 0.15) is 24.5 Å². The summed E-state index contributed by atoms with van der Waals surface area (Å²) in [5.74, 6) is 0.571. The first-order valence-electron chi connectivity index (χ1n) is 5.14. The van der Waals surface area contributed by atoms with Crippen molar-refractivity contribution >= 4 is 0 Å². The molecule has 0 unspecified atom stereocenters. The van der Waals surface area contributed by atoms with E-state index in [1.54, 1.807) is 0 Å². The Labute approximate surface area is 89.1 Å². The minimum Gasteiger partial charge on any atom is -0.487 e. The number of alkyl halides is 2. The van der Waals surface area contributed by atoms with E-state index in [0.29, 0.717) is 5.75 Å². The number of hydrogen-bond donors (Lipinski definition) is 0. The van der Waals surface area contributed by atoms with Gasteiger partial charge < -0.3 is 4.74 Å². The van der Waals surface area contributed by atoms with Crippen molar-refractivity contribution in [2.24, 2.45) is 0 Å². The fraction of sp³-hybridized carbons (Fsp3) is 0.500. The maximum Gasteiger partial charge on any atom is 0.272 e. The second-order valence-corrected chi connectivity index (χ2v) is 3.55. The molecule has 0 atom stereocenters. The van der Waals surface area contributed by atoms with Crippen LogP contribution in [0.25, 0.3) is 0 Å². The zero-order valence-electron chi connectivity index (χ0n) is 9.09. The molecule has 1 rings (SSSR count). The molecule has 0 aliphatic carbocycles. The van der Waals surface area contributed by atoms with Crippen LogP contribution in [-0.4, -0.2) is 13.0 Å². The van der Waals surface area contributed by atoms with Crippen molar-refractivity contribution in [3.8, 4) is 5.75 Å². The van der Waals surface area contributed by atoms with Crippen molar-refractivity contribution in [2.75, 3.05) is 6.61 Å². The van der Waals surface area contributed by atoms with Crippen molar-refractivity contribution in [3.63, 3.8) is 0 Å². The van der Waals surface area contributed by atoms with Crippen molar-refractivity contribution in [1.29, 1.82) is 0 Å². The molecule has 0 N–H and O–H groups in total. The summed E-state index contributed by atoms with van der Waals surface area (Å²) in [6, 6.07) is 5.76. The van der Waals surface area contributed by atoms with E-state index in [2.05, 4.69) is 6.92 Å². The molecule has 1 nitrogen and oxygen atoms in total. The van der Waals surface area contributed by atoms with Crippen LogP contribution in [0.5, 0.6) is 5.75 Å². The van der Waals surface area contributed by atoms with Crippen LogP contribution < -0.4 is 4.74 Å². The summed E-state index contributed by atoms with van der Waals surface area (Å²) < 4.78 is 29.0. The van der Waals surface area contributed by atoms with Crippen LogP contribution >= 0.6 is 0 Å². The quantitative estimate of drug-likeness (QED) is 0.727. The van der Waals surface area contributed by atoms with Gasteiger partial charge in [0.1, 0.15) is 12.4 Å². The van der Waals surface area contributed by atoms with Gasteiger partial charge in [0.05, 0.1) is 0 Å². The van der Waals surface area contributed by atoms with Gasteiger partial charge in [-0.2, -0.15) is 0 Å². The summed E-state index contributed by atoms with van der Waals surface area (Å²) in [6.45, 7) is 3.41. The Morgan fingerprint density at radius 2 is 2.07 bits per heavy atom. The summed E-state index contributed by atoms with van der Waals surface area (Å²) in [5, 5.41) is 0. The summed E-state index contributed by atoms with van der Waals surface area (Å²) in [7, 11) is 0. The van der Waals surface area contributed by atoms with Crippen molar-refractivity contribution in [2.45, 2.75) is 33.1 Å². The fourth-order valence-electron chi connectivity index (χ4n) is 1.40. The molecule has 0 aliphatic heterocycles. The number of halogens is 2. The molecule has 0 heterocycles. The van der Waals surface area contributed by atoms with Gasteiger partial charge in [-0.1, -0.05) is 25.5 Å². The monoisotopic (exact) mass is 214 g/mol. The number of aryl methyl sites for hydroxylation is 2. The molecule has 0 aliphatic rings. The highest BCUT2D eigenvalue weighted by atomic mass is 19.3. The van der Waals surface area contributed by atoms with Gasteiger partial charge in [0.15, 0.2) is 0 Å². The lowest BCUT2D eigenvalue weighted by Crippen LogP contribution is -2.08. The number of ether oxygens (including phenoxy) is 1. The average Bonchev–Trinajstić information content (AvgIpc) is 2.19. The summed E-state index contributed by atoms with van der Waals surface area (Å²) in [4.78, 5) is 0. The third-order valence-corrected chi connectivity index (χ3v) is 2.16. The zero-order chi connectivity index (χ0) is 11.3. The molecule has 0 aromatic heterocycles. The van der Waals surface area contributed by atoms with E-state index in [-0.39, 0.29) is 0 Å². The SMILES string of the molecule is CCCc1ccc(C)c(OCC(F)F)c1. The highest BCUT2D eigenvalue weighted by molar-refractivity contribution is 5.36. The van der Waals surface area contributed by atoms with E-state index in [1.165, 1.54) is 0 Å². The normalized spacial score (nSPS) is 10.7. The largest absolute Gasteiger partial charge is 0.487 e. The fourth-order valence-corrected chi connectivity index (χ4v) is 1.40. The van der Waals surface area contributed by atoms with Gasteiger partial charge in [-0.25, -0.2) is 8.78 Å². The number of hydrogen-bond acceptors (Lipinski definition) is 1. The second kappa shape index (κ2) is 5.69. The zero-order valence-corrected chi connectivity index (χ0v) is 9.09. The Kier molecular flexibility index (Phi) is 4.53. The Balaban J connectivity index is 2.71. The predicted octanol–water partition coefficient (Wildman–Crippen LogP) is 3.59. The van der Waals surface area contributed by atoms with E-state index in [9.17, 15) is 8.78 Å². The van der Waals surface area contributed by atoms with Gasteiger partial charge in [0, 0.05) is 0 Å². The second-order valence-electron chi connectivity index (χ2n) is 3.55. The van der Waals surface area contributed by atoms with Crippen molar-refractivity contribution < 1.29 is 13.5 Å². The highest BCUT2D eigenvalue weighted by Crippen LogP contribution is 2.20. The van der Waals surface area contributed by atoms with Crippen molar-refractivity contribution in [1.82, 2.24) is 0 Å². The molecule has 0 spiro atoms. The number of rotatable bonds is 5. The molecular formula is C12H16F2O. The van der Waals surface area contributed by atoms with Crippen LogP contribution in [0.2, 0.25) is 0 Å². The lowest BCUT2D eigenvalue weighted by Gasteiger charge is -2.10. The summed E-state index contributed by atoms with van der Waals surface area (Å²) in [5.41, 5.74) is 2.03. The molecular weight excluding hydrogens is 198 g/mol. The molecule has 15 heavy (non-hydrogen) atoms. The molecule has 0 fully saturated rings. The maximum atomic E-state index is 12.0. The maximum absolute atomic E-state index is 12.0. The van der Waals surface area contributed by atoms with Crippen LogP contribution in [0.4, 0.5) is 8.78 Å². The topological polar surface area (TPSA) is 9.23 Å². The minimum atomic E-state index is -2.42. The predicted molar refractivity (Wildman–Crippen MR) is 56.7 cm³/mol. The van der Waals surface area contributed by atoms with Crippen LogP contribution in [0, 0.1) is 6.92 Å². The molecule has 1 aromatic rings. The third kappa shape index (κ3) is 3.86. The molecule has 0 radical (unpaired) electrons. The van der Waals surface area contributed by atoms with Crippen LogP contribution in [-0.2, 0) is 6.42 Å². The van der Waals surface area contributed by atoms with E-state index in [1.807, 2.05) is 25.1 Å². The minimum absolute atomic E-state index is 0.531. The van der Waals surface area contributed by atoms with Crippen molar-refractivity contribution in [3.05, 3.63) is 29.3 Å². The molecule has 0 saturated heterocycles. The molecule has 84 valence electrons. The Morgan fingerprint density at radius 3 is 2.67 bits per heavy atom. The lowest BCUT2D eigenvalue weighted by molar-refractivity contribution is 0.0815. The summed E-state index contributed by atoms with van der Waals surface area (Å²) in [6.07, 6.45) is -0.429. The standard InChI is InChI=1S/C12H16F2O/c1-3-4-10-6-5-9(2)11(7-10)15-8-12(13)14/h5-7,12H,3-4,8H2,1-2H3. The van der Waals surface area contributed by atoms with E-state index < -0.39 is 13.0 Å². The summed E-state index contributed by atoms with van der Waals surface area (Å²) >= 11 is 0. The molecule has 0 bridgehead atoms. The van der Waals surface area contributed by atoms with E-state index in [4.69, 9.17) is 4.74 Å². The number of benzene rings is 1. The average molecular weight is 214 g/mol. The lowest BCUT2D eigenvalue weighted by atomic mass is 10.1. The van der Waals surface area contributed by atoms with Gasteiger partial charge in [-0.15, -0.1) is 0 Å². The van der Waals surface area contributed by atoms with Crippen LogP contribution in [0.3, 0.4) is 0 Å². The first-order chi connectivity index (χ1) is 7.13. The Morgan fingerprint density at radius 1 is 1.33 bits per heavy atom. The van der Waals surface area contributed by atoms with Gasteiger partial charge in [0.25, 0.3) is 6.43 Å². The highest BCUT2D eigenvalue weighted by Gasteiger charge is 2.06. The van der Waals surface area contributed by atoms with Crippen LogP contribution in [0.15, 0.2) is 18.2 Å². The molecule has 0 saturated carbocycles. The third-order valence-electron chi connectivity index (χ3n) is 2.16. The van der Waals surface area contributed by atoms with Gasteiger partial charge in [-0.05, 0) is 30.5 Å². The van der Waals surface area contributed by atoms with E-state index >= 15 is 0 Å². The first kappa shape index (κ1) is 12.0. The van der Waals surface area contributed by atoms with Gasteiger partial charge in [-0.3, -0.25) is 0 Å². The van der Waals surface area contributed by atoms with E-state index in [0.717, 1.165) is 24.0 Å². The smallest absolute Gasteiger partial charge is 0.272 e. The molecule has 0 amide bonds. The molecule has 1 aromatic carbocycles. The van der Waals surface area contributed by atoms with Gasteiger partial charge in [0.2, 0.25) is 0 Å². The molecule has 3 heteroatoms. The first-order valence-corrected chi connectivity index (χ1v) is 5.14. The van der Waals surface area contributed by atoms with Gasteiger partial charge >= 0.3 is 0 Å². The Bertz CT molecular complexity index is 310. The Hall–Kier alpha value is -1.12.